The zero-order valence-electron chi connectivity index (χ0n) is 7.49. The molecule has 0 aliphatic heterocycles. The second-order valence-corrected chi connectivity index (χ2v) is 3.03. The van der Waals surface area contributed by atoms with Crippen LogP contribution in [0.25, 0.3) is 11.2 Å². The summed E-state index contributed by atoms with van der Waals surface area (Å²) in [7, 11) is -2.12. The quantitative estimate of drug-likeness (QED) is 0.302. The van der Waals surface area contributed by atoms with E-state index < -0.39 is 8.53 Å². The van der Waals surface area contributed by atoms with E-state index in [9.17, 15) is 0 Å². The van der Waals surface area contributed by atoms with Crippen molar-refractivity contribution >= 4 is 31.5 Å². The van der Waals surface area contributed by atoms with Gasteiger partial charge in [0.25, 0.3) is 0 Å². The van der Waals surface area contributed by atoms with Crippen LogP contribution in [0.1, 0.15) is 0 Å². The molecule has 0 bridgehead atoms. The first-order valence-corrected chi connectivity index (χ1v) is 4.97. The second kappa shape index (κ2) is 4.80. The topological polar surface area (TPSA) is 173 Å². The van der Waals surface area contributed by atoms with E-state index in [1.807, 2.05) is 0 Å². The van der Waals surface area contributed by atoms with Crippen LogP contribution in [0, 0.1) is 0 Å². The first kappa shape index (κ1) is 11.5. The lowest BCUT2D eigenvalue weighted by Gasteiger charge is -1.93. The second-order valence-electron chi connectivity index (χ2n) is 2.39. The van der Waals surface area contributed by atoms with E-state index in [4.69, 9.17) is 21.3 Å². The summed E-state index contributed by atoms with van der Waals surface area (Å²) in [5, 5.41) is 0. The molecule has 0 aromatic carbocycles. The average Bonchev–Trinajstić information content (AvgIpc) is 2.50. The van der Waals surface area contributed by atoms with Gasteiger partial charge in [-0.1, -0.05) is 0 Å². The summed E-state index contributed by atoms with van der Waals surface area (Å²) in [4.78, 5) is 29.2. The van der Waals surface area contributed by atoms with Crippen LogP contribution in [-0.4, -0.2) is 29.7 Å². The van der Waals surface area contributed by atoms with Gasteiger partial charge in [0, 0.05) is 0 Å². The van der Waals surface area contributed by atoms with Crippen molar-refractivity contribution in [3.63, 3.8) is 0 Å². The van der Waals surface area contributed by atoms with Crippen molar-refractivity contribution in [2.75, 3.05) is 11.5 Å². The van der Waals surface area contributed by atoms with Crippen LogP contribution in [-0.2, 0) is 0 Å². The largest absolute Gasteiger partial charge is 0.382 e. The molecule has 10 heteroatoms. The van der Waals surface area contributed by atoms with E-state index in [0.29, 0.717) is 17.0 Å². The lowest BCUT2D eigenvalue weighted by molar-refractivity contribution is 0.485. The van der Waals surface area contributed by atoms with E-state index in [2.05, 4.69) is 25.4 Å². The molecule has 0 radical (unpaired) electrons. The fraction of sp³-hybridized carbons (Fsp3) is 0. The molecule has 2 rings (SSSR count). The van der Waals surface area contributed by atoms with Gasteiger partial charge >= 0.3 is 0 Å². The number of aromatic amines is 1. The summed E-state index contributed by atoms with van der Waals surface area (Å²) in [6, 6.07) is 0. The zero-order chi connectivity index (χ0) is 11.4. The van der Waals surface area contributed by atoms with Crippen LogP contribution in [0.4, 0.5) is 11.8 Å². The highest BCUT2D eigenvalue weighted by atomic mass is 31.2. The van der Waals surface area contributed by atoms with Gasteiger partial charge in [-0.05, 0) is 0 Å². The molecule has 2 aromatic rings. The number of rotatable bonds is 0. The Morgan fingerprint density at radius 1 is 1.27 bits per heavy atom. The summed E-state index contributed by atoms with van der Waals surface area (Å²) in [5.74, 6) is 0.452. The Kier molecular flexibility index (Phi) is 3.69. The van der Waals surface area contributed by atoms with Crippen molar-refractivity contribution in [2.45, 2.75) is 0 Å². The van der Waals surface area contributed by atoms with Gasteiger partial charge in [0.05, 0.1) is 6.33 Å². The Morgan fingerprint density at radius 3 is 2.47 bits per heavy atom. The molecular formula is C5H10N7O2P. The highest BCUT2D eigenvalue weighted by molar-refractivity contribution is 7.42. The average molecular weight is 231 g/mol. The van der Waals surface area contributed by atoms with Gasteiger partial charge in [-0.25, -0.2) is 4.98 Å². The molecule has 82 valence electrons. The van der Waals surface area contributed by atoms with Crippen molar-refractivity contribution in [1.29, 1.82) is 0 Å². The Morgan fingerprint density at radius 2 is 1.87 bits per heavy atom. The molecule has 9 N–H and O–H groups in total. The van der Waals surface area contributed by atoms with Crippen LogP contribution < -0.4 is 17.0 Å². The van der Waals surface area contributed by atoms with E-state index in [1.54, 1.807) is 0 Å². The normalized spacial score (nSPS) is 10.1. The van der Waals surface area contributed by atoms with Crippen LogP contribution in [0.5, 0.6) is 0 Å². The molecule has 2 aromatic heterocycles. The molecule has 0 spiro atoms. The summed E-state index contributed by atoms with van der Waals surface area (Å²) >= 11 is 0. The molecule has 0 fully saturated rings. The van der Waals surface area contributed by atoms with Crippen LogP contribution in [0.3, 0.4) is 0 Å². The summed E-state index contributed by atoms with van der Waals surface area (Å²) in [6.45, 7) is 0. The zero-order valence-corrected chi connectivity index (χ0v) is 8.39. The van der Waals surface area contributed by atoms with Gasteiger partial charge < -0.3 is 26.2 Å². The molecule has 0 saturated carbocycles. The Balaban J connectivity index is 0.000000245. The van der Waals surface area contributed by atoms with Gasteiger partial charge in [-0.2, -0.15) is 9.97 Å². The number of nitrogens with one attached hydrogen (secondary N) is 1. The first-order valence-electron chi connectivity index (χ1n) is 3.65. The molecule has 0 aliphatic rings. The monoisotopic (exact) mass is 231 g/mol. The minimum atomic E-state index is -2.12. The minimum absolute atomic E-state index is 0.152. The Bertz CT molecular complexity index is 441. The SMILES string of the molecule is NP(O)O.Nc1nc(N)c2nc[nH]c2n1. The standard InChI is InChI=1S/C5H6N6.H4NO2P/c6-3-2-4(9-1-8-2)11-5(7)10-3;1-4(2)3/h1H,(H5,6,7,8,9,10,11);2-3H,1H2. The molecule has 15 heavy (non-hydrogen) atoms. The maximum absolute atomic E-state index is 7.45. The predicted molar refractivity (Wildman–Crippen MR) is 56.1 cm³/mol. The minimum Gasteiger partial charge on any atom is -0.382 e. The van der Waals surface area contributed by atoms with Gasteiger partial charge in [0.2, 0.25) is 14.5 Å². The Labute approximate surface area is 85.3 Å². The molecule has 0 aliphatic carbocycles. The number of nitrogens with two attached hydrogens (primary N) is 3. The smallest absolute Gasteiger partial charge is 0.247 e. The number of nitrogens with zero attached hydrogens (tertiary/aromatic N) is 3. The van der Waals surface area contributed by atoms with Crippen molar-refractivity contribution in [1.82, 2.24) is 19.9 Å². The number of H-pyrrole nitrogens is 1. The number of imidazole rings is 1. The summed E-state index contributed by atoms with van der Waals surface area (Å²) < 4.78 is 0. The third kappa shape index (κ3) is 3.26. The third-order valence-corrected chi connectivity index (χ3v) is 1.32. The Hall–Kier alpha value is -1.54. The van der Waals surface area contributed by atoms with Crippen molar-refractivity contribution in [3.8, 4) is 0 Å². The van der Waals surface area contributed by atoms with Crippen molar-refractivity contribution in [2.24, 2.45) is 5.50 Å². The maximum atomic E-state index is 7.45. The van der Waals surface area contributed by atoms with E-state index in [0.717, 1.165) is 0 Å². The van der Waals surface area contributed by atoms with Crippen molar-refractivity contribution in [3.05, 3.63) is 6.33 Å². The lowest BCUT2D eigenvalue weighted by atomic mass is 10.5. The first-order chi connectivity index (χ1) is 7.00. The van der Waals surface area contributed by atoms with Gasteiger partial charge in [-0.3, -0.25) is 5.50 Å². The van der Waals surface area contributed by atoms with E-state index >= 15 is 0 Å². The van der Waals surface area contributed by atoms with E-state index in [-0.39, 0.29) is 5.95 Å². The fourth-order valence-corrected chi connectivity index (χ4v) is 0.876. The number of nitrogen functional groups attached to an aromatic ring is 2. The van der Waals surface area contributed by atoms with Crippen LogP contribution >= 0.6 is 8.53 Å². The summed E-state index contributed by atoms with van der Waals surface area (Å²) in [5.41, 5.74) is 16.2. The highest BCUT2D eigenvalue weighted by Crippen LogP contribution is 2.12. The molecule has 0 saturated heterocycles. The summed E-state index contributed by atoms with van der Waals surface area (Å²) in [6.07, 6.45) is 1.50. The fourth-order valence-electron chi connectivity index (χ4n) is 0.876. The van der Waals surface area contributed by atoms with Gasteiger partial charge in [-0.15, -0.1) is 0 Å². The van der Waals surface area contributed by atoms with Gasteiger partial charge in [0.1, 0.15) is 5.52 Å². The third-order valence-electron chi connectivity index (χ3n) is 1.32. The number of anilines is 2. The number of hydrogen-bond acceptors (Lipinski definition) is 8. The number of aromatic nitrogens is 4. The van der Waals surface area contributed by atoms with Crippen molar-refractivity contribution < 1.29 is 9.79 Å². The van der Waals surface area contributed by atoms with Crippen LogP contribution in [0.2, 0.25) is 0 Å². The van der Waals surface area contributed by atoms with Gasteiger partial charge in [0.15, 0.2) is 11.5 Å². The maximum Gasteiger partial charge on any atom is 0.247 e. The molecule has 0 atom stereocenters. The molecule has 2 heterocycles. The van der Waals surface area contributed by atoms with Crippen LogP contribution in [0.15, 0.2) is 6.33 Å². The molecular weight excluding hydrogens is 221 g/mol. The predicted octanol–water partition coefficient (Wildman–Crippen LogP) is -1.33. The highest BCUT2D eigenvalue weighted by Gasteiger charge is 2.03. The number of fused-ring (bicyclic) bond motifs is 1. The molecule has 0 unspecified atom stereocenters. The number of hydrogen-bond donors (Lipinski definition) is 6. The molecule has 0 amide bonds. The molecule has 9 nitrogen and oxygen atoms in total. The lowest BCUT2D eigenvalue weighted by Crippen LogP contribution is -1.99. The van der Waals surface area contributed by atoms with E-state index in [1.165, 1.54) is 6.33 Å².